The van der Waals surface area contributed by atoms with E-state index < -0.39 is 53.7 Å². The molecule has 17 heteroatoms. The van der Waals surface area contributed by atoms with E-state index in [2.05, 4.69) is 26.3 Å². The first-order valence-corrected chi connectivity index (χ1v) is 18.2. The SMILES string of the molecule is Cc1cc(C)c(C(=O)N[C@@H](CCN)C(=O)N(C)[C@@H]2C(=O)N[C@@H](C)C(=O)N[C@H](C(=O)NCC#N)Cc3ccc(OCCN)c(c3)-c3cc2ccc3OCCN)cn1. The summed E-state index contributed by atoms with van der Waals surface area (Å²) < 4.78 is 12.1. The number of benzene rings is 2. The zero-order valence-corrected chi connectivity index (χ0v) is 32.0. The van der Waals surface area contributed by atoms with Gasteiger partial charge in [-0.3, -0.25) is 29.0 Å². The molecule has 0 spiro atoms. The van der Waals surface area contributed by atoms with Gasteiger partial charge in [0, 0.05) is 49.6 Å². The van der Waals surface area contributed by atoms with Crippen molar-refractivity contribution in [2.24, 2.45) is 17.2 Å². The van der Waals surface area contributed by atoms with Gasteiger partial charge in [-0.25, -0.2) is 0 Å². The highest BCUT2D eigenvalue weighted by Gasteiger charge is 2.36. The summed E-state index contributed by atoms with van der Waals surface area (Å²) in [7, 11) is 1.42. The largest absolute Gasteiger partial charge is 0.492 e. The second kappa shape index (κ2) is 20.0. The summed E-state index contributed by atoms with van der Waals surface area (Å²) in [4.78, 5) is 74.4. The van der Waals surface area contributed by atoms with E-state index in [1.54, 1.807) is 56.3 Å². The number of aromatic nitrogens is 1. The molecular weight excluding hydrogens is 720 g/mol. The molecule has 4 bridgehead atoms. The van der Waals surface area contributed by atoms with Gasteiger partial charge in [0.2, 0.25) is 23.6 Å². The fourth-order valence-electron chi connectivity index (χ4n) is 6.30. The Bertz CT molecular complexity index is 1970. The van der Waals surface area contributed by atoms with Crippen molar-refractivity contribution >= 4 is 29.5 Å². The van der Waals surface area contributed by atoms with Crippen molar-refractivity contribution < 1.29 is 33.4 Å². The number of fused-ring (bicyclic) bond motifs is 5. The third-order valence-electron chi connectivity index (χ3n) is 9.11. The predicted molar refractivity (Wildman–Crippen MR) is 207 cm³/mol. The highest BCUT2D eigenvalue weighted by atomic mass is 16.5. The normalized spacial score (nSPS) is 17.2. The van der Waals surface area contributed by atoms with Crippen LogP contribution >= 0.6 is 0 Å². The molecule has 0 saturated carbocycles. The topological polar surface area (TPSA) is 270 Å². The molecule has 1 aliphatic heterocycles. The molecule has 298 valence electrons. The van der Waals surface area contributed by atoms with Gasteiger partial charge in [0.1, 0.15) is 55.4 Å². The lowest BCUT2D eigenvalue weighted by molar-refractivity contribution is -0.141. The molecule has 4 atom stereocenters. The van der Waals surface area contributed by atoms with Crippen LogP contribution in [-0.4, -0.2) is 104 Å². The van der Waals surface area contributed by atoms with Crippen LogP contribution in [0.3, 0.4) is 0 Å². The fourth-order valence-corrected chi connectivity index (χ4v) is 6.30. The number of nitrogens with two attached hydrogens (primary N) is 3. The van der Waals surface area contributed by atoms with Crippen molar-refractivity contribution in [2.75, 3.05) is 46.4 Å². The van der Waals surface area contributed by atoms with E-state index >= 15 is 0 Å². The number of rotatable bonds is 14. The summed E-state index contributed by atoms with van der Waals surface area (Å²) in [5.41, 5.74) is 21.1. The number of aryl methyl sites for hydroxylation is 2. The van der Waals surface area contributed by atoms with Crippen molar-refractivity contribution in [3.05, 3.63) is 76.6 Å². The number of carbonyl (C=O) groups is 5. The van der Waals surface area contributed by atoms with Gasteiger partial charge in [0.25, 0.3) is 5.91 Å². The van der Waals surface area contributed by atoms with Crippen LogP contribution in [0.1, 0.15) is 52.1 Å². The zero-order valence-electron chi connectivity index (χ0n) is 32.0. The third kappa shape index (κ3) is 10.6. The van der Waals surface area contributed by atoms with E-state index in [4.69, 9.17) is 31.9 Å². The summed E-state index contributed by atoms with van der Waals surface area (Å²) in [5.74, 6) is -2.43. The molecule has 10 N–H and O–H groups in total. The van der Waals surface area contributed by atoms with Crippen LogP contribution < -0.4 is 47.9 Å². The Kier molecular flexibility index (Phi) is 15.2. The second-order valence-corrected chi connectivity index (χ2v) is 13.3. The average Bonchev–Trinajstić information content (AvgIpc) is 3.17. The van der Waals surface area contributed by atoms with Crippen LogP contribution in [0.2, 0.25) is 0 Å². The fraction of sp³-hybridized carbons (Fsp3) is 0.410. The van der Waals surface area contributed by atoms with Gasteiger partial charge in [0.15, 0.2) is 0 Å². The van der Waals surface area contributed by atoms with E-state index in [1.807, 2.05) is 6.07 Å². The summed E-state index contributed by atoms with van der Waals surface area (Å²) in [6.07, 6.45) is 1.49. The van der Waals surface area contributed by atoms with Crippen molar-refractivity contribution in [3.8, 4) is 28.7 Å². The second-order valence-electron chi connectivity index (χ2n) is 13.3. The van der Waals surface area contributed by atoms with Gasteiger partial charge in [-0.2, -0.15) is 5.26 Å². The number of hydrogen-bond donors (Lipinski definition) is 7. The molecular formula is C39H50N10O7. The van der Waals surface area contributed by atoms with Crippen molar-refractivity contribution in [1.82, 2.24) is 31.2 Å². The summed E-state index contributed by atoms with van der Waals surface area (Å²) >= 11 is 0. The number of pyridine rings is 1. The Morgan fingerprint density at radius 2 is 1.62 bits per heavy atom. The maximum Gasteiger partial charge on any atom is 0.253 e. The molecule has 0 saturated heterocycles. The monoisotopic (exact) mass is 770 g/mol. The van der Waals surface area contributed by atoms with Crippen LogP contribution in [-0.2, 0) is 25.6 Å². The van der Waals surface area contributed by atoms with E-state index in [0.29, 0.717) is 39.3 Å². The Balaban J connectivity index is 1.89. The predicted octanol–water partition coefficient (Wildman–Crippen LogP) is -0.127. The minimum absolute atomic E-state index is 0.0127. The van der Waals surface area contributed by atoms with Gasteiger partial charge in [-0.05, 0) is 80.8 Å². The minimum atomic E-state index is -1.37. The lowest BCUT2D eigenvalue weighted by atomic mass is 9.93. The number of hydrogen-bond acceptors (Lipinski definition) is 12. The van der Waals surface area contributed by atoms with Crippen LogP contribution in [0, 0.1) is 25.2 Å². The molecule has 0 radical (unpaired) electrons. The molecule has 56 heavy (non-hydrogen) atoms. The molecule has 2 aromatic carbocycles. The van der Waals surface area contributed by atoms with E-state index in [0.717, 1.165) is 5.69 Å². The van der Waals surface area contributed by atoms with Crippen LogP contribution in [0.4, 0.5) is 0 Å². The maximum absolute atomic E-state index is 14.4. The van der Waals surface area contributed by atoms with E-state index in [-0.39, 0.29) is 57.8 Å². The highest BCUT2D eigenvalue weighted by molar-refractivity contribution is 6.00. The molecule has 4 rings (SSSR count). The van der Waals surface area contributed by atoms with Gasteiger partial charge < -0.3 is 52.8 Å². The molecule has 0 aliphatic carbocycles. The van der Waals surface area contributed by atoms with Gasteiger partial charge in [-0.15, -0.1) is 0 Å². The lowest BCUT2D eigenvalue weighted by Crippen LogP contribution is -2.56. The number of amides is 5. The lowest BCUT2D eigenvalue weighted by Gasteiger charge is -2.32. The molecule has 17 nitrogen and oxygen atoms in total. The Morgan fingerprint density at radius 1 is 0.964 bits per heavy atom. The molecule has 1 aliphatic rings. The first-order chi connectivity index (χ1) is 26.8. The molecule has 2 heterocycles. The standard InChI is InChI=1S/C39H50N10O7/c1-22-17-23(2)45-21-29(22)36(51)47-30(9-10-40)39(54)49(4)34-26-6-8-33(56-16-13-43)28(20-26)27-18-25(5-7-32(27)55-15-12-42)19-31(37(52)44-14-11-41)48-35(50)24(3)46-38(34)53/h5-8,17-18,20-21,24,30-31,34H,9-10,12-16,19,40,42-43H2,1-4H3,(H,44,52)(H,46,53)(H,47,51)(H,48,50)/t24-,30-,31-,34-/m0/s1. The number of carbonyl (C=O) groups excluding carboxylic acids is 5. The number of nitriles is 1. The van der Waals surface area contributed by atoms with Crippen molar-refractivity contribution in [1.29, 1.82) is 5.26 Å². The molecule has 5 amide bonds. The highest BCUT2D eigenvalue weighted by Crippen LogP contribution is 2.40. The molecule has 1 aromatic heterocycles. The first kappa shape index (κ1) is 42.6. The van der Waals surface area contributed by atoms with Crippen LogP contribution in [0.25, 0.3) is 11.1 Å². The molecule has 0 fully saturated rings. The van der Waals surface area contributed by atoms with Crippen molar-refractivity contribution in [2.45, 2.75) is 57.8 Å². The van der Waals surface area contributed by atoms with Gasteiger partial charge >= 0.3 is 0 Å². The van der Waals surface area contributed by atoms with Crippen LogP contribution in [0.5, 0.6) is 11.5 Å². The average molecular weight is 771 g/mol. The van der Waals surface area contributed by atoms with Gasteiger partial charge in [-0.1, -0.05) is 12.1 Å². The smallest absolute Gasteiger partial charge is 0.253 e. The van der Waals surface area contributed by atoms with Crippen LogP contribution in [0.15, 0.2) is 48.7 Å². The van der Waals surface area contributed by atoms with Crippen molar-refractivity contribution in [3.63, 3.8) is 0 Å². The number of ether oxygens (including phenoxy) is 2. The Hall–Kier alpha value is -6.09. The Labute approximate surface area is 325 Å². The van der Waals surface area contributed by atoms with E-state index in [1.165, 1.54) is 25.1 Å². The number of nitrogens with one attached hydrogen (secondary N) is 4. The maximum atomic E-state index is 14.4. The quantitative estimate of drug-likeness (QED) is 0.106. The number of nitrogens with zero attached hydrogens (tertiary/aromatic N) is 3. The van der Waals surface area contributed by atoms with Gasteiger partial charge in [0.05, 0.1) is 11.6 Å². The summed E-state index contributed by atoms with van der Waals surface area (Å²) in [6, 6.07) is 8.91. The zero-order chi connectivity index (χ0) is 40.9. The Morgan fingerprint density at radius 3 is 2.25 bits per heavy atom. The summed E-state index contributed by atoms with van der Waals surface area (Å²) in [5, 5.41) is 19.7. The number of likely N-dealkylation sites (N-methyl/N-ethyl adjacent to an activating group) is 1. The summed E-state index contributed by atoms with van der Waals surface area (Å²) in [6.45, 7) is 5.45. The third-order valence-corrected chi connectivity index (χ3v) is 9.11. The minimum Gasteiger partial charge on any atom is -0.492 e. The molecule has 0 unspecified atom stereocenters. The molecule has 3 aromatic rings. The van der Waals surface area contributed by atoms with E-state index in [9.17, 15) is 24.0 Å². The first-order valence-electron chi connectivity index (χ1n) is 18.2.